The van der Waals surface area contributed by atoms with Gasteiger partial charge in [0.05, 0.1) is 17.8 Å². The summed E-state index contributed by atoms with van der Waals surface area (Å²) in [6.45, 7) is 5.25. The highest BCUT2D eigenvalue weighted by Gasteiger charge is 2.17. The number of ether oxygens (including phenoxy) is 1. The third-order valence-corrected chi connectivity index (χ3v) is 6.02. The molecule has 0 saturated carbocycles. The van der Waals surface area contributed by atoms with Crippen LogP contribution in [0.3, 0.4) is 0 Å². The number of aromatic nitrogens is 1. The second-order valence-corrected chi connectivity index (χ2v) is 8.05. The molecule has 2 heterocycles. The van der Waals surface area contributed by atoms with E-state index in [4.69, 9.17) is 4.74 Å². The highest BCUT2D eigenvalue weighted by molar-refractivity contribution is 7.09. The largest absolute Gasteiger partial charge is 0.497 e. The van der Waals surface area contributed by atoms with E-state index in [1.165, 1.54) is 19.3 Å². The van der Waals surface area contributed by atoms with Gasteiger partial charge in [-0.2, -0.15) is 0 Å². The summed E-state index contributed by atoms with van der Waals surface area (Å²) in [6.07, 6.45) is 5.06. The van der Waals surface area contributed by atoms with Gasteiger partial charge in [0.1, 0.15) is 5.75 Å². The number of rotatable bonds is 8. The molecule has 1 unspecified atom stereocenters. The van der Waals surface area contributed by atoms with Crippen molar-refractivity contribution in [1.82, 2.24) is 15.2 Å². The summed E-state index contributed by atoms with van der Waals surface area (Å²) in [4.78, 5) is 19.3. The molecule has 0 spiro atoms. The standard InChI is InChI=1S/C21H29N3O2S/c1-16(24-12-4-3-5-13-24)14-22-20(25)10-11-21-23-19(15-27-21)17-6-8-18(26-2)9-7-17/h6-9,15-16H,3-5,10-14H2,1-2H3,(H,22,25). The van der Waals surface area contributed by atoms with Crippen molar-refractivity contribution < 1.29 is 9.53 Å². The molecule has 27 heavy (non-hydrogen) atoms. The Labute approximate surface area is 165 Å². The molecule has 1 aliphatic rings. The van der Waals surface area contributed by atoms with Gasteiger partial charge in [-0.25, -0.2) is 4.98 Å². The molecule has 1 aliphatic heterocycles. The fraction of sp³-hybridized carbons (Fsp3) is 0.524. The van der Waals surface area contributed by atoms with E-state index in [0.717, 1.165) is 41.6 Å². The summed E-state index contributed by atoms with van der Waals surface area (Å²) in [5, 5.41) is 6.13. The zero-order chi connectivity index (χ0) is 19.1. The number of amides is 1. The molecule has 1 fully saturated rings. The Morgan fingerprint density at radius 2 is 2.00 bits per heavy atom. The topological polar surface area (TPSA) is 54.5 Å². The van der Waals surface area contributed by atoms with Crippen LogP contribution in [0.2, 0.25) is 0 Å². The van der Waals surface area contributed by atoms with Crippen LogP contribution in [0.5, 0.6) is 5.75 Å². The second-order valence-electron chi connectivity index (χ2n) is 7.10. The lowest BCUT2D eigenvalue weighted by molar-refractivity contribution is -0.121. The minimum Gasteiger partial charge on any atom is -0.497 e. The predicted octanol–water partition coefficient (Wildman–Crippen LogP) is 3.74. The number of thiazole rings is 1. The summed E-state index contributed by atoms with van der Waals surface area (Å²) in [6, 6.07) is 8.30. The van der Waals surface area contributed by atoms with Crippen LogP contribution < -0.4 is 10.1 Å². The smallest absolute Gasteiger partial charge is 0.220 e. The molecule has 0 radical (unpaired) electrons. The molecule has 1 saturated heterocycles. The van der Waals surface area contributed by atoms with Gasteiger partial charge in [0, 0.05) is 36.4 Å². The molecule has 1 aromatic carbocycles. The van der Waals surface area contributed by atoms with Gasteiger partial charge in [0.25, 0.3) is 0 Å². The molecule has 6 heteroatoms. The van der Waals surface area contributed by atoms with Crippen LogP contribution in [0.25, 0.3) is 11.3 Å². The summed E-state index contributed by atoms with van der Waals surface area (Å²) in [7, 11) is 1.66. The van der Waals surface area contributed by atoms with Gasteiger partial charge in [0.15, 0.2) is 0 Å². The molecule has 1 aromatic heterocycles. The van der Waals surface area contributed by atoms with E-state index in [-0.39, 0.29) is 5.91 Å². The first-order valence-electron chi connectivity index (χ1n) is 9.75. The normalized spacial score (nSPS) is 16.1. The molecule has 0 bridgehead atoms. The van der Waals surface area contributed by atoms with Crippen LogP contribution in [-0.4, -0.2) is 48.6 Å². The number of carbonyl (C=O) groups is 1. The monoisotopic (exact) mass is 387 g/mol. The maximum Gasteiger partial charge on any atom is 0.220 e. The number of piperidine rings is 1. The molecule has 1 amide bonds. The van der Waals surface area contributed by atoms with E-state index in [1.807, 2.05) is 29.6 Å². The summed E-state index contributed by atoms with van der Waals surface area (Å²) in [5.41, 5.74) is 2.02. The third kappa shape index (κ3) is 5.78. The van der Waals surface area contributed by atoms with E-state index < -0.39 is 0 Å². The van der Waals surface area contributed by atoms with E-state index >= 15 is 0 Å². The Kier molecular flexibility index (Phi) is 7.24. The second kappa shape index (κ2) is 9.85. The van der Waals surface area contributed by atoms with Gasteiger partial charge in [-0.15, -0.1) is 11.3 Å². The highest BCUT2D eigenvalue weighted by atomic mass is 32.1. The average molecular weight is 388 g/mol. The van der Waals surface area contributed by atoms with Gasteiger partial charge in [-0.05, 0) is 57.1 Å². The minimum absolute atomic E-state index is 0.111. The number of hydrogen-bond donors (Lipinski definition) is 1. The summed E-state index contributed by atoms with van der Waals surface area (Å²) in [5.74, 6) is 0.949. The van der Waals surface area contributed by atoms with Crippen LogP contribution in [-0.2, 0) is 11.2 Å². The number of hydrogen-bond acceptors (Lipinski definition) is 5. The highest BCUT2D eigenvalue weighted by Crippen LogP contribution is 2.24. The number of methoxy groups -OCH3 is 1. The maximum absolute atomic E-state index is 12.2. The summed E-state index contributed by atoms with van der Waals surface area (Å²) >= 11 is 1.61. The maximum atomic E-state index is 12.2. The van der Waals surface area contributed by atoms with E-state index in [9.17, 15) is 4.79 Å². The SMILES string of the molecule is COc1ccc(-c2csc(CCC(=O)NCC(C)N3CCCCC3)n2)cc1. The van der Waals surface area contributed by atoms with Gasteiger partial charge >= 0.3 is 0 Å². The fourth-order valence-corrected chi connectivity index (χ4v) is 4.19. The first kappa shape index (κ1) is 19.8. The number of carbonyl (C=O) groups excluding carboxylic acids is 1. The van der Waals surface area contributed by atoms with Gasteiger partial charge in [-0.1, -0.05) is 6.42 Å². The Morgan fingerprint density at radius 3 is 2.70 bits per heavy atom. The van der Waals surface area contributed by atoms with Crippen molar-refractivity contribution in [2.75, 3.05) is 26.7 Å². The van der Waals surface area contributed by atoms with Gasteiger partial charge < -0.3 is 10.1 Å². The first-order chi connectivity index (χ1) is 13.2. The lowest BCUT2D eigenvalue weighted by Gasteiger charge is -2.32. The van der Waals surface area contributed by atoms with Crippen molar-refractivity contribution in [2.24, 2.45) is 0 Å². The number of nitrogens with one attached hydrogen (secondary N) is 1. The molecule has 5 nitrogen and oxygen atoms in total. The lowest BCUT2D eigenvalue weighted by Crippen LogP contribution is -2.44. The van der Waals surface area contributed by atoms with Crippen LogP contribution in [0, 0.1) is 0 Å². The average Bonchev–Trinajstić information content (AvgIpc) is 3.20. The zero-order valence-corrected chi connectivity index (χ0v) is 17.1. The Bertz CT molecular complexity index is 723. The Balaban J connectivity index is 1.43. The molecule has 1 N–H and O–H groups in total. The van der Waals surface area contributed by atoms with Crippen molar-refractivity contribution in [2.45, 2.75) is 45.1 Å². The molecule has 146 valence electrons. The van der Waals surface area contributed by atoms with Crippen molar-refractivity contribution in [1.29, 1.82) is 0 Å². The van der Waals surface area contributed by atoms with Crippen molar-refractivity contribution >= 4 is 17.2 Å². The van der Waals surface area contributed by atoms with Crippen LogP contribution in [0.4, 0.5) is 0 Å². The number of aryl methyl sites for hydroxylation is 1. The Morgan fingerprint density at radius 1 is 1.26 bits per heavy atom. The number of nitrogens with zero attached hydrogens (tertiary/aromatic N) is 2. The predicted molar refractivity (Wildman–Crippen MR) is 110 cm³/mol. The fourth-order valence-electron chi connectivity index (χ4n) is 3.38. The van der Waals surface area contributed by atoms with Crippen molar-refractivity contribution in [3.05, 3.63) is 34.7 Å². The van der Waals surface area contributed by atoms with Crippen LogP contribution in [0.1, 0.15) is 37.6 Å². The molecular formula is C21H29N3O2S. The Hall–Kier alpha value is -1.92. The van der Waals surface area contributed by atoms with Crippen molar-refractivity contribution in [3.63, 3.8) is 0 Å². The quantitative estimate of drug-likeness (QED) is 0.750. The summed E-state index contributed by atoms with van der Waals surface area (Å²) < 4.78 is 5.19. The van der Waals surface area contributed by atoms with Crippen molar-refractivity contribution in [3.8, 4) is 17.0 Å². The molecular weight excluding hydrogens is 358 g/mol. The molecule has 0 aliphatic carbocycles. The van der Waals surface area contributed by atoms with Gasteiger partial charge in [0.2, 0.25) is 5.91 Å². The molecule has 2 aromatic rings. The number of benzene rings is 1. The number of likely N-dealkylation sites (tertiary alicyclic amines) is 1. The van der Waals surface area contributed by atoms with E-state index in [1.54, 1.807) is 18.4 Å². The first-order valence-corrected chi connectivity index (χ1v) is 10.6. The molecule has 1 atom stereocenters. The van der Waals surface area contributed by atoms with E-state index in [0.29, 0.717) is 18.9 Å². The van der Waals surface area contributed by atoms with E-state index in [2.05, 4.69) is 22.1 Å². The minimum atomic E-state index is 0.111. The zero-order valence-electron chi connectivity index (χ0n) is 16.2. The lowest BCUT2D eigenvalue weighted by atomic mass is 10.1. The third-order valence-electron chi connectivity index (χ3n) is 5.11. The van der Waals surface area contributed by atoms with Crippen LogP contribution in [0.15, 0.2) is 29.6 Å². The molecule has 3 rings (SSSR count). The van der Waals surface area contributed by atoms with Gasteiger partial charge in [-0.3, -0.25) is 9.69 Å². The van der Waals surface area contributed by atoms with Crippen LogP contribution >= 0.6 is 11.3 Å².